The standard InChI is InChI=1S/C8H15N3O2/c1-4-12-5-7-10-8(13-11-7)6(2)9-3/h6,9H,4-5H2,1-3H3. The van der Waals surface area contributed by atoms with E-state index in [1.807, 2.05) is 20.9 Å². The summed E-state index contributed by atoms with van der Waals surface area (Å²) >= 11 is 0. The third kappa shape index (κ3) is 2.78. The summed E-state index contributed by atoms with van der Waals surface area (Å²) in [5, 5.41) is 6.79. The summed E-state index contributed by atoms with van der Waals surface area (Å²) in [7, 11) is 1.84. The minimum Gasteiger partial charge on any atom is -0.374 e. The van der Waals surface area contributed by atoms with Crippen LogP contribution in [0.2, 0.25) is 0 Å². The van der Waals surface area contributed by atoms with Crippen LogP contribution in [0.25, 0.3) is 0 Å². The van der Waals surface area contributed by atoms with Crippen molar-refractivity contribution in [2.24, 2.45) is 0 Å². The van der Waals surface area contributed by atoms with Gasteiger partial charge in [-0.3, -0.25) is 0 Å². The summed E-state index contributed by atoms with van der Waals surface area (Å²) in [6.45, 7) is 4.96. The van der Waals surface area contributed by atoms with E-state index in [1.54, 1.807) is 0 Å². The maximum absolute atomic E-state index is 5.14. The Morgan fingerprint density at radius 3 is 3.00 bits per heavy atom. The highest BCUT2D eigenvalue weighted by Crippen LogP contribution is 2.08. The minimum atomic E-state index is 0.0860. The van der Waals surface area contributed by atoms with Gasteiger partial charge < -0.3 is 14.6 Å². The molecule has 0 bridgehead atoms. The van der Waals surface area contributed by atoms with Gasteiger partial charge in [-0.05, 0) is 20.9 Å². The molecule has 1 aromatic heterocycles. The molecule has 1 heterocycles. The van der Waals surface area contributed by atoms with E-state index in [9.17, 15) is 0 Å². The van der Waals surface area contributed by atoms with Crippen molar-refractivity contribution in [2.45, 2.75) is 26.5 Å². The highest BCUT2D eigenvalue weighted by Gasteiger charge is 2.11. The van der Waals surface area contributed by atoms with Gasteiger partial charge in [0.25, 0.3) is 0 Å². The molecule has 0 amide bonds. The fraction of sp³-hybridized carbons (Fsp3) is 0.750. The predicted molar refractivity (Wildman–Crippen MR) is 47.1 cm³/mol. The zero-order valence-electron chi connectivity index (χ0n) is 8.20. The van der Waals surface area contributed by atoms with Crippen LogP contribution in [0.1, 0.15) is 31.6 Å². The van der Waals surface area contributed by atoms with E-state index in [0.717, 1.165) is 0 Å². The number of nitrogens with zero attached hydrogens (tertiary/aromatic N) is 2. The van der Waals surface area contributed by atoms with Crippen LogP contribution in [0.4, 0.5) is 0 Å². The number of hydrogen-bond acceptors (Lipinski definition) is 5. The summed E-state index contributed by atoms with van der Waals surface area (Å²) < 4.78 is 10.2. The molecule has 1 unspecified atom stereocenters. The van der Waals surface area contributed by atoms with Gasteiger partial charge in [-0.1, -0.05) is 5.16 Å². The molecule has 1 atom stereocenters. The molecule has 0 radical (unpaired) electrons. The van der Waals surface area contributed by atoms with Crippen LogP contribution in [0, 0.1) is 0 Å². The number of hydrogen-bond donors (Lipinski definition) is 1. The molecule has 0 aromatic carbocycles. The molecule has 0 aliphatic rings. The Morgan fingerprint density at radius 2 is 2.38 bits per heavy atom. The molecule has 1 aromatic rings. The zero-order chi connectivity index (χ0) is 9.68. The molecule has 0 aliphatic heterocycles. The lowest BCUT2D eigenvalue weighted by molar-refractivity contribution is 0.126. The first kappa shape index (κ1) is 10.1. The van der Waals surface area contributed by atoms with Crippen molar-refractivity contribution in [1.29, 1.82) is 0 Å². The summed E-state index contributed by atoms with van der Waals surface area (Å²) in [5.41, 5.74) is 0. The van der Waals surface area contributed by atoms with Crippen LogP contribution < -0.4 is 5.32 Å². The van der Waals surface area contributed by atoms with Gasteiger partial charge in [-0.2, -0.15) is 4.98 Å². The maximum atomic E-state index is 5.14. The Labute approximate surface area is 77.5 Å². The van der Waals surface area contributed by atoms with E-state index in [4.69, 9.17) is 9.26 Å². The molecule has 0 saturated carbocycles. The second kappa shape index (κ2) is 4.94. The smallest absolute Gasteiger partial charge is 0.243 e. The Kier molecular flexibility index (Phi) is 3.85. The van der Waals surface area contributed by atoms with Crippen molar-refractivity contribution < 1.29 is 9.26 Å². The largest absolute Gasteiger partial charge is 0.374 e. The van der Waals surface area contributed by atoms with Crippen LogP contribution in [0.15, 0.2) is 4.52 Å². The summed E-state index contributed by atoms with van der Waals surface area (Å²) in [6, 6.07) is 0.0860. The van der Waals surface area contributed by atoms with Gasteiger partial charge >= 0.3 is 0 Å². The fourth-order valence-electron chi connectivity index (χ4n) is 0.819. The molecule has 0 saturated heterocycles. The van der Waals surface area contributed by atoms with E-state index < -0.39 is 0 Å². The third-order valence-electron chi connectivity index (χ3n) is 1.72. The summed E-state index contributed by atoms with van der Waals surface area (Å²) in [6.07, 6.45) is 0. The first-order valence-electron chi connectivity index (χ1n) is 4.35. The highest BCUT2D eigenvalue weighted by atomic mass is 16.5. The Balaban J connectivity index is 2.53. The van der Waals surface area contributed by atoms with Gasteiger partial charge in [0.15, 0.2) is 5.82 Å². The first-order chi connectivity index (χ1) is 6.27. The van der Waals surface area contributed by atoms with E-state index >= 15 is 0 Å². The summed E-state index contributed by atoms with van der Waals surface area (Å²) in [5.74, 6) is 1.19. The van der Waals surface area contributed by atoms with Crippen molar-refractivity contribution in [3.05, 3.63) is 11.7 Å². The second-order valence-corrected chi connectivity index (χ2v) is 2.70. The number of ether oxygens (including phenoxy) is 1. The molecule has 0 aliphatic carbocycles. The van der Waals surface area contributed by atoms with Gasteiger partial charge in [-0.25, -0.2) is 0 Å². The molecule has 5 nitrogen and oxygen atoms in total. The lowest BCUT2D eigenvalue weighted by Gasteiger charge is -2.01. The van der Waals surface area contributed by atoms with Crippen LogP contribution in [0.5, 0.6) is 0 Å². The molecular weight excluding hydrogens is 170 g/mol. The van der Waals surface area contributed by atoms with E-state index in [-0.39, 0.29) is 6.04 Å². The van der Waals surface area contributed by atoms with Crippen molar-refractivity contribution >= 4 is 0 Å². The Morgan fingerprint density at radius 1 is 1.62 bits per heavy atom. The van der Waals surface area contributed by atoms with E-state index in [0.29, 0.717) is 24.9 Å². The zero-order valence-corrected chi connectivity index (χ0v) is 8.20. The molecule has 1 N–H and O–H groups in total. The monoisotopic (exact) mass is 185 g/mol. The predicted octanol–water partition coefficient (Wildman–Crippen LogP) is 0.886. The van der Waals surface area contributed by atoms with E-state index in [1.165, 1.54) is 0 Å². The SMILES string of the molecule is CCOCc1noc(C(C)NC)n1. The molecule has 13 heavy (non-hydrogen) atoms. The number of rotatable bonds is 5. The molecule has 0 spiro atoms. The van der Waals surface area contributed by atoms with Crippen LogP contribution >= 0.6 is 0 Å². The quantitative estimate of drug-likeness (QED) is 0.738. The normalized spacial score (nSPS) is 13.2. The Hall–Kier alpha value is -0.940. The van der Waals surface area contributed by atoms with Crippen LogP contribution in [-0.4, -0.2) is 23.8 Å². The van der Waals surface area contributed by atoms with Gasteiger partial charge in [0.1, 0.15) is 6.61 Å². The average molecular weight is 185 g/mol. The summed E-state index contributed by atoms with van der Waals surface area (Å²) in [4.78, 5) is 4.15. The van der Waals surface area contributed by atoms with Gasteiger partial charge in [0, 0.05) is 6.61 Å². The van der Waals surface area contributed by atoms with Crippen molar-refractivity contribution in [2.75, 3.05) is 13.7 Å². The first-order valence-corrected chi connectivity index (χ1v) is 4.35. The van der Waals surface area contributed by atoms with E-state index in [2.05, 4.69) is 15.5 Å². The third-order valence-corrected chi connectivity index (χ3v) is 1.72. The maximum Gasteiger partial charge on any atom is 0.243 e. The molecular formula is C8H15N3O2. The van der Waals surface area contributed by atoms with Crippen molar-refractivity contribution in [3.63, 3.8) is 0 Å². The number of aromatic nitrogens is 2. The highest BCUT2D eigenvalue weighted by molar-refractivity contribution is 4.89. The minimum absolute atomic E-state index is 0.0860. The lowest BCUT2D eigenvalue weighted by Crippen LogP contribution is -2.12. The second-order valence-electron chi connectivity index (χ2n) is 2.70. The number of nitrogens with one attached hydrogen (secondary N) is 1. The van der Waals surface area contributed by atoms with Crippen molar-refractivity contribution in [3.8, 4) is 0 Å². The van der Waals surface area contributed by atoms with Crippen LogP contribution in [0.3, 0.4) is 0 Å². The van der Waals surface area contributed by atoms with Gasteiger partial charge in [0.05, 0.1) is 6.04 Å². The van der Waals surface area contributed by atoms with Gasteiger partial charge in [0.2, 0.25) is 5.89 Å². The Bertz CT molecular complexity index is 249. The fourth-order valence-corrected chi connectivity index (χ4v) is 0.819. The molecule has 5 heteroatoms. The molecule has 0 fully saturated rings. The van der Waals surface area contributed by atoms with Crippen molar-refractivity contribution in [1.82, 2.24) is 15.5 Å². The average Bonchev–Trinajstić information content (AvgIpc) is 2.62. The topological polar surface area (TPSA) is 60.2 Å². The van der Waals surface area contributed by atoms with Gasteiger partial charge in [-0.15, -0.1) is 0 Å². The lowest BCUT2D eigenvalue weighted by atomic mass is 10.3. The molecule has 1 rings (SSSR count). The van der Waals surface area contributed by atoms with Crippen LogP contribution in [-0.2, 0) is 11.3 Å². The molecule has 74 valence electrons.